The zero-order valence-corrected chi connectivity index (χ0v) is 15.3. The van der Waals surface area contributed by atoms with Gasteiger partial charge in [0.15, 0.2) is 0 Å². The fourth-order valence-corrected chi connectivity index (χ4v) is 2.72. The number of anilines is 1. The minimum absolute atomic E-state index is 0.0577. The maximum Gasteiger partial charge on any atom is 0.277 e. The molecular formula is C18H16ClN5O3. The van der Waals surface area contributed by atoms with Crippen LogP contribution in [0.3, 0.4) is 0 Å². The Bertz CT molecular complexity index is 1040. The molecule has 0 saturated heterocycles. The van der Waals surface area contributed by atoms with Crippen molar-refractivity contribution in [2.24, 2.45) is 0 Å². The van der Waals surface area contributed by atoms with Gasteiger partial charge >= 0.3 is 0 Å². The van der Waals surface area contributed by atoms with Gasteiger partial charge in [-0.3, -0.25) is 25.6 Å². The zero-order chi connectivity index (χ0) is 19.6. The zero-order valence-electron chi connectivity index (χ0n) is 14.5. The molecule has 9 heteroatoms. The van der Waals surface area contributed by atoms with Crippen LogP contribution in [0, 0.1) is 6.92 Å². The van der Waals surface area contributed by atoms with Crippen molar-refractivity contribution >= 4 is 40.3 Å². The molecule has 0 atom stereocenters. The molecule has 2 aromatic carbocycles. The molecule has 1 aromatic heterocycles. The Hall–Kier alpha value is -3.23. The minimum atomic E-state index is -0.704. The second-order valence-electron chi connectivity index (χ2n) is 5.81. The van der Waals surface area contributed by atoms with E-state index < -0.39 is 11.8 Å². The summed E-state index contributed by atoms with van der Waals surface area (Å²) >= 11 is 6.14. The maximum atomic E-state index is 12.6. The molecule has 0 radical (unpaired) electrons. The number of hydrogen-bond donors (Lipinski definition) is 3. The summed E-state index contributed by atoms with van der Waals surface area (Å²) in [6, 6.07) is 11.9. The third kappa shape index (κ3) is 3.97. The van der Waals surface area contributed by atoms with Gasteiger partial charge in [-0.25, -0.2) is 10.0 Å². The van der Waals surface area contributed by atoms with Crippen LogP contribution in [0.1, 0.15) is 26.3 Å². The van der Waals surface area contributed by atoms with Gasteiger partial charge in [0.1, 0.15) is 5.15 Å². The van der Waals surface area contributed by atoms with Gasteiger partial charge in [-0.1, -0.05) is 35.4 Å². The van der Waals surface area contributed by atoms with E-state index >= 15 is 0 Å². The van der Waals surface area contributed by atoms with Crippen LogP contribution in [-0.2, 0) is 0 Å². The number of aryl methyl sites for hydroxylation is 1. The number of hydrazine groups is 1. The van der Waals surface area contributed by atoms with Crippen LogP contribution in [0.5, 0.6) is 0 Å². The van der Waals surface area contributed by atoms with Crippen LogP contribution in [0.2, 0.25) is 5.15 Å². The number of carbonyl (C=O) groups is 2. The summed E-state index contributed by atoms with van der Waals surface area (Å²) in [5, 5.41) is 10.7. The van der Waals surface area contributed by atoms with E-state index in [-0.39, 0.29) is 22.2 Å². The molecule has 1 heterocycles. The summed E-state index contributed by atoms with van der Waals surface area (Å²) in [4.78, 5) is 33.0. The first kappa shape index (κ1) is 18.6. The van der Waals surface area contributed by atoms with Gasteiger partial charge in [0.25, 0.3) is 11.8 Å². The molecule has 0 aliphatic heterocycles. The van der Waals surface area contributed by atoms with Crippen LogP contribution >= 0.6 is 11.6 Å². The Balaban J connectivity index is 1.84. The number of rotatable bonds is 4. The fourth-order valence-electron chi connectivity index (χ4n) is 2.48. The van der Waals surface area contributed by atoms with E-state index in [2.05, 4.69) is 20.8 Å². The molecule has 0 saturated carbocycles. The molecule has 0 aliphatic carbocycles. The topological polar surface area (TPSA) is 107 Å². The highest BCUT2D eigenvalue weighted by Gasteiger charge is 2.19. The molecule has 0 spiro atoms. The number of hydrogen-bond acceptors (Lipinski definition) is 6. The molecule has 27 heavy (non-hydrogen) atoms. The monoisotopic (exact) mass is 385 g/mol. The summed E-state index contributed by atoms with van der Waals surface area (Å²) in [6.45, 7) is 1.79. The third-order valence-electron chi connectivity index (χ3n) is 3.79. The first-order valence-electron chi connectivity index (χ1n) is 7.93. The number of carbonyl (C=O) groups excluding carboxylic acids is 2. The highest BCUT2D eigenvalue weighted by Crippen LogP contribution is 2.21. The number of aromatic nitrogens is 2. The van der Waals surface area contributed by atoms with Gasteiger partial charge in [0, 0.05) is 12.4 Å². The van der Waals surface area contributed by atoms with Gasteiger partial charge in [-0.2, -0.15) is 4.98 Å². The Morgan fingerprint density at radius 3 is 2.59 bits per heavy atom. The van der Waals surface area contributed by atoms with E-state index in [0.717, 1.165) is 5.56 Å². The first-order chi connectivity index (χ1) is 12.9. The van der Waals surface area contributed by atoms with E-state index in [4.69, 9.17) is 11.6 Å². The van der Waals surface area contributed by atoms with E-state index in [9.17, 15) is 14.8 Å². The fraction of sp³-hybridized carbons (Fsp3) is 0.111. The molecule has 3 aromatic rings. The SMILES string of the molecule is Cc1ccc(C(=O)N(C)O)c(C(=O)NNc2nc(Cl)c3ccccc3n2)c1. The largest absolute Gasteiger partial charge is 0.286 e. The van der Waals surface area contributed by atoms with E-state index in [1.54, 1.807) is 31.2 Å². The van der Waals surface area contributed by atoms with E-state index in [1.165, 1.54) is 13.1 Å². The van der Waals surface area contributed by atoms with Crippen LogP contribution in [0.4, 0.5) is 5.95 Å². The molecule has 3 rings (SSSR count). The molecular weight excluding hydrogens is 370 g/mol. The first-order valence-corrected chi connectivity index (χ1v) is 8.31. The quantitative estimate of drug-likeness (QED) is 0.362. The smallest absolute Gasteiger partial charge is 0.277 e. The van der Waals surface area contributed by atoms with Crippen molar-refractivity contribution in [1.29, 1.82) is 0 Å². The standard InChI is InChI=1S/C18H16ClN5O3/c1-10-7-8-11(17(26)24(2)27)13(9-10)16(25)22-23-18-20-14-6-4-3-5-12(14)15(19)21-18/h3-9,27H,1-2H3,(H,22,25)(H,20,21,23). The molecule has 8 nitrogen and oxygen atoms in total. The Kier molecular flexibility index (Phi) is 5.20. The van der Waals surface area contributed by atoms with Crippen molar-refractivity contribution in [2.45, 2.75) is 6.92 Å². The van der Waals surface area contributed by atoms with Gasteiger partial charge in [0.05, 0.1) is 16.6 Å². The van der Waals surface area contributed by atoms with Crippen molar-refractivity contribution in [3.05, 3.63) is 64.3 Å². The number of benzene rings is 2. The van der Waals surface area contributed by atoms with Crippen LogP contribution in [0.25, 0.3) is 10.9 Å². The van der Waals surface area contributed by atoms with Crippen molar-refractivity contribution < 1.29 is 14.8 Å². The average molecular weight is 386 g/mol. The molecule has 0 bridgehead atoms. The van der Waals surface area contributed by atoms with E-state index in [1.807, 2.05) is 12.1 Å². The number of halogens is 1. The van der Waals surface area contributed by atoms with Crippen molar-refractivity contribution in [3.8, 4) is 0 Å². The third-order valence-corrected chi connectivity index (χ3v) is 4.08. The second kappa shape index (κ2) is 7.56. The second-order valence-corrected chi connectivity index (χ2v) is 6.17. The Labute approximate surface area is 159 Å². The molecule has 3 N–H and O–H groups in total. The van der Waals surface area contributed by atoms with Crippen LogP contribution < -0.4 is 10.9 Å². The molecule has 0 fully saturated rings. The number of nitrogens with zero attached hydrogens (tertiary/aromatic N) is 3. The number of nitrogens with one attached hydrogen (secondary N) is 2. The lowest BCUT2D eigenvalue weighted by molar-refractivity contribution is -0.0375. The van der Waals surface area contributed by atoms with Crippen molar-refractivity contribution in [3.63, 3.8) is 0 Å². The predicted molar refractivity (Wildman–Crippen MR) is 101 cm³/mol. The van der Waals surface area contributed by atoms with Gasteiger partial charge < -0.3 is 0 Å². The molecule has 0 unspecified atom stereocenters. The molecule has 0 aliphatic rings. The van der Waals surface area contributed by atoms with Gasteiger partial charge in [0.2, 0.25) is 5.95 Å². The van der Waals surface area contributed by atoms with E-state index in [0.29, 0.717) is 16.0 Å². The van der Waals surface area contributed by atoms with Crippen molar-refractivity contribution in [2.75, 3.05) is 12.5 Å². The molecule has 138 valence electrons. The lowest BCUT2D eigenvalue weighted by Gasteiger charge is -2.14. The summed E-state index contributed by atoms with van der Waals surface area (Å²) in [7, 11) is 1.19. The normalized spacial score (nSPS) is 10.5. The summed E-state index contributed by atoms with van der Waals surface area (Å²) in [6.07, 6.45) is 0. The van der Waals surface area contributed by atoms with Crippen LogP contribution in [-0.4, -0.2) is 39.1 Å². The number of para-hydroxylation sites is 1. The maximum absolute atomic E-state index is 12.6. The Morgan fingerprint density at radius 1 is 1.11 bits per heavy atom. The lowest BCUT2D eigenvalue weighted by atomic mass is 10.0. The summed E-state index contributed by atoms with van der Waals surface area (Å²) in [5.41, 5.74) is 6.59. The minimum Gasteiger partial charge on any atom is -0.286 e. The highest BCUT2D eigenvalue weighted by molar-refractivity contribution is 6.34. The van der Waals surface area contributed by atoms with Gasteiger partial charge in [-0.05, 0) is 31.2 Å². The lowest BCUT2D eigenvalue weighted by Crippen LogP contribution is -2.33. The predicted octanol–water partition coefficient (Wildman–Crippen LogP) is 2.81. The van der Waals surface area contributed by atoms with Crippen LogP contribution in [0.15, 0.2) is 42.5 Å². The summed E-state index contributed by atoms with van der Waals surface area (Å²) in [5.74, 6) is -1.19. The van der Waals surface area contributed by atoms with Crippen molar-refractivity contribution in [1.82, 2.24) is 20.5 Å². The number of fused-ring (bicyclic) bond motifs is 1. The summed E-state index contributed by atoms with van der Waals surface area (Å²) < 4.78 is 0. The average Bonchev–Trinajstić information content (AvgIpc) is 2.65. The Morgan fingerprint density at radius 2 is 1.85 bits per heavy atom. The van der Waals surface area contributed by atoms with Gasteiger partial charge in [-0.15, -0.1) is 0 Å². The molecule has 2 amide bonds. The number of amides is 2. The number of hydroxylamine groups is 2. The highest BCUT2D eigenvalue weighted by atomic mass is 35.5.